The monoisotopic (exact) mass is 358 g/mol. The molecule has 144 valence electrons. The molecule has 5 nitrogen and oxygen atoms in total. The summed E-state index contributed by atoms with van der Waals surface area (Å²) in [5.41, 5.74) is 2.54. The third kappa shape index (κ3) is 6.38. The molecule has 2 aliphatic rings. The fourth-order valence-corrected chi connectivity index (χ4v) is 3.82. The van der Waals surface area contributed by atoms with Gasteiger partial charge in [-0.3, -0.25) is 9.69 Å². The highest BCUT2D eigenvalue weighted by molar-refractivity contribution is 5.75. The van der Waals surface area contributed by atoms with Crippen molar-refractivity contribution in [1.82, 2.24) is 20.4 Å². The Labute approximate surface area is 158 Å². The summed E-state index contributed by atoms with van der Waals surface area (Å²) in [5, 5.41) is 6.45. The third-order valence-corrected chi connectivity index (χ3v) is 5.75. The second kappa shape index (κ2) is 10.0. The van der Waals surface area contributed by atoms with E-state index in [1.54, 1.807) is 0 Å². The van der Waals surface area contributed by atoms with Crippen molar-refractivity contribution in [1.29, 1.82) is 0 Å². The Morgan fingerprint density at radius 2 is 1.73 bits per heavy atom. The van der Waals surface area contributed by atoms with Gasteiger partial charge in [-0.1, -0.05) is 24.3 Å². The summed E-state index contributed by atoms with van der Waals surface area (Å²) in [6.07, 6.45) is 4.10. The molecular weight excluding hydrogens is 324 g/mol. The maximum Gasteiger partial charge on any atom is 0.220 e. The second-order valence-corrected chi connectivity index (χ2v) is 7.90. The van der Waals surface area contributed by atoms with Crippen LogP contribution < -0.4 is 10.6 Å². The maximum absolute atomic E-state index is 12.1. The molecule has 5 heteroatoms. The summed E-state index contributed by atoms with van der Waals surface area (Å²) >= 11 is 0. The number of carbonyl (C=O) groups excluding carboxylic acids is 1. The number of nitrogens with one attached hydrogen (secondary N) is 2. The van der Waals surface area contributed by atoms with Crippen LogP contribution in [0.15, 0.2) is 24.3 Å². The molecule has 2 saturated heterocycles. The molecule has 2 N–H and O–H groups in total. The van der Waals surface area contributed by atoms with Crippen LogP contribution in [0.2, 0.25) is 0 Å². The Morgan fingerprint density at radius 1 is 1.08 bits per heavy atom. The molecule has 0 saturated carbocycles. The molecule has 26 heavy (non-hydrogen) atoms. The van der Waals surface area contributed by atoms with Gasteiger partial charge in [0.1, 0.15) is 0 Å². The van der Waals surface area contributed by atoms with Crippen molar-refractivity contribution in [2.24, 2.45) is 5.92 Å². The fraction of sp³-hybridized carbons (Fsp3) is 0.667. The molecule has 1 amide bonds. The van der Waals surface area contributed by atoms with Gasteiger partial charge in [-0.2, -0.15) is 0 Å². The highest BCUT2D eigenvalue weighted by atomic mass is 16.1. The zero-order valence-electron chi connectivity index (χ0n) is 16.2. The van der Waals surface area contributed by atoms with Crippen LogP contribution in [0.1, 0.15) is 36.8 Å². The molecule has 0 unspecified atom stereocenters. The quantitative estimate of drug-likeness (QED) is 0.781. The van der Waals surface area contributed by atoms with Gasteiger partial charge in [0.05, 0.1) is 0 Å². The standard InChI is InChI=1S/C21H34N4O/c1-24-12-14-25(15-13-24)17-20-4-2-19(3-5-20)16-23-21(26)7-6-18-8-10-22-11-9-18/h2-5,18,22H,6-17H2,1H3,(H,23,26). The SMILES string of the molecule is CN1CCN(Cc2ccc(CNC(=O)CCC3CCNCC3)cc2)CC1. The first-order valence-corrected chi connectivity index (χ1v) is 10.1. The maximum atomic E-state index is 12.1. The van der Waals surface area contributed by atoms with Crippen molar-refractivity contribution in [3.8, 4) is 0 Å². The predicted molar refractivity (Wildman–Crippen MR) is 106 cm³/mol. The number of hydrogen-bond acceptors (Lipinski definition) is 4. The van der Waals surface area contributed by atoms with Crippen LogP contribution in [-0.4, -0.2) is 62.0 Å². The summed E-state index contributed by atoms with van der Waals surface area (Å²) < 4.78 is 0. The number of amides is 1. The fourth-order valence-electron chi connectivity index (χ4n) is 3.82. The molecular formula is C21H34N4O. The minimum absolute atomic E-state index is 0.185. The van der Waals surface area contributed by atoms with Crippen LogP contribution in [0.3, 0.4) is 0 Å². The number of likely N-dealkylation sites (N-methyl/N-ethyl adjacent to an activating group) is 1. The zero-order chi connectivity index (χ0) is 18.2. The van der Waals surface area contributed by atoms with Gasteiger partial charge >= 0.3 is 0 Å². The first-order valence-electron chi connectivity index (χ1n) is 10.1. The van der Waals surface area contributed by atoms with Crippen molar-refractivity contribution < 1.29 is 4.79 Å². The van der Waals surface area contributed by atoms with E-state index in [0.717, 1.165) is 58.2 Å². The highest BCUT2D eigenvalue weighted by Crippen LogP contribution is 2.17. The average molecular weight is 359 g/mol. The van der Waals surface area contributed by atoms with Crippen LogP contribution in [0.25, 0.3) is 0 Å². The topological polar surface area (TPSA) is 47.6 Å². The molecule has 0 bridgehead atoms. The molecule has 1 aromatic carbocycles. The zero-order valence-corrected chi connectivity index (χ0v) is 16.2. The van der Waals surface area contributed by atoms with Gasteiger partial charge in [-0.15, -0.1) is 0 Å². The van der Waals surface area contributed by atoms with E-state index in [0.29, 0.717) is 13.0 Å². The van der Waals surface area contributed by atoms with Crippen molar-refractivity contribution in [2.75, 3.05) is 46.3 Å². The Kier molecular flexibility index (Phi) is 7.47. The number of carbonyl (C=O) groups is 1. The van der Waals surface area contributed by atoms with Crippen LogP contribution in [-0.2, 0) is 17.9 Å². The molecule has 0 atom stereocenters. The summed E-state index contributed by atoms with van der Waals surface area (Å²) in [5.74, 6) is 0.904. The first kappa shape index (κ1) is 19.3. The van der Waals surface area contributed by atoms with E-state index in [1.165, 1.54) is 24.0 Å². The molecule has 2 aliphatic heterocycles. The van der Waals surface area contributed by atoms with Crippen LogP contribution in [0.4, 0.5) is 0 Å². The van der Waals surface area contributed by atoms with E-state index in [1.807, 2.05) is 0 Å². The molecule has 3 rings (SSSR count). The molecule has 2 fully saturated rings. The molecule has 1 aromatic rings. The summed E-state index contributed by atoms with van der Waals surface area (Å²) in [6.45, 7) is 8.47. The number of rotatable bonds is 7. The summed E-state index contributed by atoms with van der Waals surface area (Å²) in [4.78, 5) is 17.0. The number of piperazine rings is 1. The van der Waals surface area contributed by atoms with E-state index in [4.69, 9.17) is 0 Å². The lowest BCUT2D eigenvalue weighted by atomic mass is 9.93. The van der Waals surface area contributed by atoms with E-state index in [-0.39, 0.29) is 5.91 Å². The van der Waals surface area contributed by atoms with E-state index in [2.05, 4.69) is 51.7 Å². The summed E-state index contributed by atoms with van der Waals surface area (Å²) in [6, 6.07) is 8.71. The molecule has 2 heterocycles. The minimum Gasteiger partial charge on any atom is -0.352 e. The van der Waals surface area contributed by atoms with Gasteiger partial charge in [0.25, 0.3) is 0 Å². The first-order chi connectivity index (χ1) is 12.7. The normalized spacial score (nSPS) is 20.2. The Balaban J connectivity index is 1.35. The Bertz CT molecular complexity index is 546. The van der Waals surface area contributed by atoms with E-state index in [9.17, 15) is 4.79 Å². The highest BCUT2D eigenvalue weighted by Gasteiger charge is 2.15. The van der Waals surface area contributed by atoms with E-state index >= 15 is 0 Å². The summed E-state index contributed by atoms with van der Waals surface area (Å²) in [7, 11) is 2.19. The number of benzene rings is 1. The van der Waals surface area contributed by atoms with Gasteiger partial charge in [-0.05, 0) is 56.4 Å². The van der Waals surface area contributed by atoms with Gasteiger partial charge in [0.2, 0.25) is 5.91 Å². The van der Waals surface area contributed by atoms with Crippen LogP contribution >= 0.6 is 0 Å². The number of nitrogens with zero attached hydrogens (tertiary/aromatic N) is 2. The molecule has 0 aliphatic carbocycles. The minimum atomic E-state index is 0.185. The smallest absolute Gasteiger partial charge is 0.220 e. The van der Waals surface area contributed by atoms with Gasteiger partial charge < -0.3 is 15.5 Å². The van der Waals surface area contributed by atoms with Crippen molar-refractivity contribution in [2.45, 2.75) is 38.8 Å². The third-order valence-electron chi connectivity index (χ3n) is 5.75. The predicted octanol–water partition coefficient (Wildman–Crippen LogP) is 1.83. The van der Waals surface area contributed by atoms with Crippen molar-refractivity contribution >= 4 is 5.91 Å². The van der Waals surface area contributed by atoms with Gasteiger partial charge in [-0.25, -0.2) is 0 Å². The van der Waals surface area contributed by atoms with Crippen molar-refractivity contribution in [3.05, 3.63) is 35.4 Å². The van der Waals surface area contributed by atoms with Crippen molar-refractivity contribution in [3.63, 3.8) is 0 Å². The van der Waals surface area contributed by atoms with Crippen LogP contribution in [0, 0.1) is 5.92 Å². The molecule has 0 radical (unpaired) electrons. The lowest BCUT2D eigenvalue weighted by Gasteiger charge is -2.32. The Hall–Kier alpha value is -1.43. The largest absolute Gasteiger partial charge is 0.352 e. The van der Waals surface area contributed by atoms with Gasteiger partial charge in [0.15, 0.2) is 0 Å². The molecule has 0 aromatic heterocycles. The Morgan fingerprint density at radius 3 is 2.42 bits per heavy atom. The molecule has 0 spiro atoms. The number of hydrogen-bond donors (Lipinski definition) is 2. The van der Waals surface area contributed by atoms with Crippen LogP contribution in [0.5, 0.6) is 0 Å². The second-order valence-electron chi connectivity index (χ2n) is 7.90. The average Bonchev–Trinajstić information content (AvgIpc) is 2.68. The lowest BCUT2D eigenvalue weighted by molar-refractivity contribution is -0.121. The number of piperidine rings is 1. The van der Waals surface area contributed by atoms with Gasteiger partial charge in [0, 0.05) is 45.7 Å². The lowest BCUT2D eigenvalue weighted by Crippen LogP contribution is -2.43. The van der Waals surface area contributed by atoms with E-state index < -0.39 is 0 Å².